The van der Waals surface area contributed by atoms with E-state index >= 15 is 0 Å². The molecule has 1 unspecified atom stereocenters. The molecule has 0 N–H and O–H groups in total. The first kappa shape index (κ1) is 22.4. The largest absolute Gasteiger partial charge is 0.309 e. The fourth-order valence-corrected chi connectivity index (χ4v) is 8.36. The van der Waals surface area contributed by atoms with E-state index in [-0.39, 0.29) is 5.41 Å². The Morgan fingerprint density at radius 3 is 2.17 bits per heavy atom. The molecule has 40 heavy (non-hydrogen) atoms. The number of rotatable bonds is 2. The topological polar surface area (TPSA) is 4.93 Å². The fourth-order valence-electron chi connectivity index (χ4n) is 7.28. The van der Waals surface area contributed by atoms with Crippen LogP contribution in [0.4, 0.5) is 0 Å². The van der Waals surface area contributed by atoms with Crippen molar-refractivity contribution in [1.82, 2.24) is 4.57 Å². The number of para-hydroxylation sites is 2. The zero-order valence-electron chi connectivity index (χ0n) is 22.3. The zero-order valence-corrected chi connectivity index (χ0v) is 23.1. The first-order valence-electron chi connectivity index (χ1n) is 14.1. The van der Waals surface area contributed by atoms with Crippen LogP contribution in [-0.2, 0) is 11.8 Å². The van der Waals surface area contributed by atoms with Crippen molar-refractivity contribution >= 4 is 58.9 Å². The maximum absolute atomic E-state index is 2.58. The Balaban J connectivity index is 1.19. The van der Waals surface area contributed by atoms with Gasteiger partial charge in [0.15, 0.2) is 0 Å². The third-order valence-electron chi connectivity index (χ3n) is 9.21. The second-order valence-electron chi connectivity index (χ2n) is 11.6. The lowest BCUT2D eigenvalue weighted by Crippen LogP contribution is -2.21. The van der Waals surface area contributed by atoms with Crippen LogP contribution in [0.15, 0.2) is 127 Å². The monoisotopic (exact) mass is 529 g/mol. The van der Waals surface area contributed by atoms with Crippen molar-refractivity contribution in [2.75, 3.05) is 0 Å². The van der Waals surface area contributed by atoms with E-state index in [1.165, 1.54) is 75.5 Å². The van der Waals surface area contributed by atoms with Gasteiger partial charge in [0.2, 0.25) is 0 Å². The molecule has 0 bridgehead atoms. The van der Waals surface area contributed by atoms with Crippen LogP contribution in [-0.4, -0.2) is 4.57 Å². The van der Waals surface area contributed by atoms with Gasteiger partial charge in [0, 0.05) is 41.9 Å². The number of fused-ring (bicyclic) bond motifs is 9. The van der Waals surface area contributed by atoms with E-state index in [0.717, 1.165) is 12.8 Å². The van der Waals surface area contributed by atoms with Crippen LogP contribution < -0.4 is 0 Å². The van der Waals surface area contributed by atoms with Gasteiger partial charge in [-0.3, -0.25) is 0 Å². The Kier molecular flexibility index (Phi) is 4.52. The second kappa shape index (κ2) is 8.06. The lowest BCUT2D eigenvalue weighted by Gasteiger charge is -2.30. The average molecular weight is 530 g/mol. The number of aromatic nitrogens is 1. The first-order valence-corrected chi connectivity index (χ1v) is 14.9. The van der Waals surface area contributed by atoms with Crippen LogP contribution in [0.5, 0.6) is 0 Å². The van der Waals surface area contributed by atoms with E-state index in [0.29, 0.717) is 0 Å². The maximum Gasteiger partial charge on any atom is 0.0543 e. The van der Waals surface area contributed by atoms with Crippen LogP contribution in [0, 0.1) is 0 Å². The Labute approximate surface area is 237 Å². The van der Waals surface area contributed by atoms with Crippen molar-refractivity contribution in [2.24, 2.45) is 0 Å². The van der Waals surface area contributed by atoms with Gasteiger partial charge in [-0.15, -0.1) is 11.3 Å². The molecule has 0 saturated heterocycles. The van der Waals surface area contributed by atoms with Crippen molar-refractivity contribution < 1.29 is 0 Å². The minimum atomic E-state index is -0.0227. The molecule has 0 radical (unpaired) electrons. The van der Waals surface area contributed by atoms with Crippen LogP contribution in [0.25, 0.3) is 53.2 Å². The summed E-state index contributed by atoms with van der Waals surface area (Å²) in [6, 6.07) is 40.5. The lowest BCUT2D eigenvalue weighted by molar-refractivity contribution is 0.597. The van der Waals surface area contributed by atoms with E-state index in [1.807, 2.05) is 11.3 Å². The molecule has 7 aromatic rings. The van der Waals surface area contributed by atoms with Gasteiger partial charge in [0.25, 0.3) is 0 Å². The SMILES string of the molecule is CC1(c2ccc3sc4ccccc4c3c2)C=C2Cc3cccc(-n4c5ccccc5c5ccccc54)c3C2=CC1. The predicted molar refractivity (Wildman–Crippen MR) is 172 cm³/mol. The van der Waals surface area contributed by atoms with Crippen LogP contribution in [0.2, 0.25) is 0 Å². The van der Waals surface area contributed by atoms with E-state index in [2.05, 4.69) is 133 Å². The summed E-state index contributed by atoms with van der Waals surface area (Å²) in [5, 5.41) is 5.38. The molecule has 0 aliphatic heterocycles. The molecule has 9 rings (SSSR count). The highest BCUT2D eigenvalue weighted by atomic mass is 32.1. The van der Waals surface area contributed by atoms with E-state index in [9.17, 15) is 0 Å². The van der Waals surface area contributed by atoms with Gasteiger partial charge in [-0.1, -0.05) is 91.9 Å². The minimum absolute atomic E-state index is 0.0227. The van der Waals surface area contributed by atoms with Gasteiger partial charge >= 0.3 is 0 Å². The number of hydrogen-bond donors (Lipinski definition) is 0. The van der Waals surface area contributed by atoms with Crippen molar-refractivity contribution in [3.05, 3.63) is 144 Å². The number of allylic oxidation sites excluding steroid dienone is 4. The summed E-state index contributed by atoms with van der Waals surface area (Å²) in [4.78, 5) is 0. The van der Waals surface area contributed by atoms with E-state index < -0.39 is 0 Å². The van der Waals surface area contributed by atoms with Gasteiger partial charge in [-0.2, -0.15) is 0 Å². The quantitative estimate of drug-likeness (QED) is 0.210. The Morgan fingerprint density at radius 1 is 0.675 bits per heavy atom. The van der Waals surface area contributed by atoms with Gasteiger partial charge in [-0.25, -0.2) is 0 Å². The molecule has 1 nitrogen and oxygen atoms in total. The molecule has 2 aromatic heterocycles. The van der Waals surface area contributed by atoms with E-state index in [4.69, 9.17) is 0 Å². The third-order valence-corrected chi connectivity index (χ3v) is 10.4. The minimum Gasteiger partial charge on any atom is -0.309 e. The molecule has 0 fully saturated rings. The second-order valence-corrected chi connectivity index (χ2v) is 12.7. The van der Waals surface area contributed by atoms with Gasteiger partial charge in [0.05, 0.1) is 16.7 Å². The van der Waals surface area contributed by atoms with Gasteiger partial charge in [0.1, 0.15) is 0 Å². The molecule has 2 aliphatic rings. The molecular weight excluding hydrogens is 502 g/mol. The number of hydrogen-bond acceptors (Lipinski definition) is 1. The number of nitrogens with zero attached hydrogens (tertiary/aromatic N) is 1. The van der Waals surface area contributed by atoms with Gasteiger partial charge < -0.3 is 4.57 Å². The highest BCUT2D eigenvalue weighted by molar-refractivity contribution is 7.25. The molecule has 5 aromatic carbocycles. The fraction of sp³-hybridized carbons (Fsp3) is 0.105. The Morgan fingerprint density at radius 2 is 1.38 bits per heavy atom. The standard InChI is InChI=1S/C38H27NS/c1-38(26-17-18-36-31(22-26)30-12-4-7-16-35(30)40-36)20-19-27-25(23-38)21-24-9-8-15-34(37(24)27)39-32-13-5-2-10-28(32)29-11-3-6-14-33(29)39/h2-19,22-23H,20-21H2,1H3. The normalized spacial score (nSPS) is 18.3. The first-order chi connectivity index (χ1) is 19.7. The summed E-state index contributed by atoms with van der Waals surface area (Å²) in [6.45, 7) is 2.42. The highest BCUT2D eigenvalue weighted by Crippen LogP contribution is 2.49. The number of benzene rings is 5. The summed E-state index contributed by atoms with van der Waals surface area (Å²) in [6.07, 6.45) is 7.09. The third kappa shape index (κ3) is 3.03. The van der Waals surface area contributed by atoms with Crippen LogP contribution in [0.1, 0.15) is 30.0 Å². The molecule has 2 heterocycles. The van der Waals surface area contributed by atoms with Crippen molar-refractivity contribution in [3.63, 3.8) is 0 Å². The molecule has 2 aliphatic carbocycles. The van der Waals surface area contributed by atoms with E-state index in [1.54, 1.807) is 0 Å². The Hall–Kier alpha value is -4.40. The zero-order chi connectivity index (χ0) is 26.4. The Bertz CT molecular complexity index is 2180. The molecule has 2 heteroatoms. The molecule has 190 valence electrons. The summed E-state index contributed by atoms with van der Waals surface area (Å²) >= 11 is 1.89. The summed E-state index contributed by atoms with van der Waals surface area (Å²) in [5.41, 5.74) is 10.9. The van der Waals surface area contributed by atoms with Gasteiger partial charge in [-0.05, 0) is 71.5 Å². The average Bonchev–Trinajstić information content (AvgIpc) is 3.65. The highest BCUT2D eigenvalue weighted by Gasteiger charge is 2.34. The summed E-state index contributed by atoms with van der Waals surface area (Å²) in [7, 11) is 0. The number of thiophene rings is 1. The van der Waals surface area contributed by atoms with Crippen LogP contribution >= 0.6 is 11.3 Å². The molecule has 0 amide bonds. The summed E-state index contributed by atoms with van der Waals surface area (Å²) in [5.74, 6) is 0. The molecular formula is C38H27NS. The van der Waals surface area contributed by atoms with Crippen molar-refractivity contribution in [1.29, 1.82) is 0 Å². The van der Waals surface area contributed by atoms with Crippen molar-refractivity contribution in [3.8, 4) is 5.69 Å². The van der Waals surface area contributed by atoms with Crippen molar-refractivity contribution in [2.45, 2.75) is 25.2 Å². The predicted octanol–water partition coefficient (Wildman–Crippen LogP) is 10.4. The lowest BCUT2D eigenvalue weighted by atomic mass is 9.73. The maximum atomic E-state index is 2.58. The molecule has 1 atom stereocenters. The molecule has 0 saturated carbocycles. The smallest absolute Gasteiger partial charge is 0.0543 e. The summed E-state index contributed by atoms with van der Waals surface area (Å²) < 4.78 is 5.22. The van der Waals surface area contributed by atoms with Crippen LogP contribution in [0.3, 0.4) is 0 Å². The molecule has 0 spiro atoms.